The molecule has 1 fully saturated rings. The molecule has 1 amide bonds. The number of aliphatic hydroxyl groups excluding tert-OH is 4. The highest BCUT2D eigenvalue weighted by Gasteiger charge is 2.43. The maximum atomic E-state index is 10.7. The molecule has 0 aliphatic carbocycles. The average molecular weight is 221 g/mol. The lowest BCUT2D eigenvalue weighted by molar-refractivity contribution is -0.253. The quantitative estimate of drug-likeness (QED) is 0.337. The Bertz CT molecular complexity index is 235. The summed E-state index contributed by atoms with van der Waals surface area (Å²) in [5.74, 6) is -0.462. The molecule has 1 rings (SSSR count). The third-order valence-electron chi connectivity index (χ3n) is 2.27. The molecule has 1 unspecified atom stereocenters. The first-order valence-corrected chi connectivity index (χ1v) is 4.55. The standard InChI is InChI=1S/C8H15NO6/c1-3(11)9-5-7(13)6(12)4(2-10)15-8(5)14/h4-8,10,12-14H,2H2,1H3,(H,9,11)/t4-,5-,6+,7?,8+/m1/s1. The van der Waals surface area contributed by atoms with E-state index in [-0.39, 0.29) is 0 Å². The Kier molecular flexibility index (Phi) is 4.00. The fraction of sp³-hybridized carbons (Fsp3) is 0.875. The largest absolute Gasteiger partial charge is 0.394 e. The van der Waals surface area contributed by atoms with Gasteiger partial charge < -0.3 is 30.5 Å². The first kappa shape index (κ1) is 12.3. The number of carbonyl (C=O) groups is 1. The maximum Gasteiger partial charge on any atom is 0.217 e. The van der Waals surface area contributed by atoms with Gasteiger partial charge in [0.15, 0.2) is 6.29 Å². The van der Waals surface area contributed by atoms with Gasteiger partial charge in [0.25, 0.3) is 0 Å². The molecule has 1 heterocycles. The van der Waals surface area contributed by atoms with Gasteiger partial charge in [-0.1, -0.05) is 0 Å². The van der Waals surface area contributed by atoms with Crippen LogP contribution in [0, 0.1) is 0 Å². The fourth-order valence-corrected chi connectivity index (χ4v) is 1.49. The van der Waals surface area contributed by atoms with E-state index in [1.165, 1.54) is 6.92 Å². The number of carbonyl (C=O) groups excluding carboxylic acids is 1. The first-order chi connectivity index (χ1) is 6.97. The minimum atomic E-state index is -1.45. The van der Waals surface area contributed by atoms with Gasteiger partial charge in [0.1, 0.15) is 24.4 Å². The summed E-state index contributed by atoms with van der Waals surface area (Å²) in [4.78, 5) is 10.7. The van der Waals surface area contributed by atoms with E-state index in [4.69, 9.17) is 9.84 Å². The lowest BCUT2D eigenvalue weighted by Crippen LogP contribution is -2.63. The Balaban J connectivity index is 2.70. The number of aliphatic hydroxyl groups is 4. The van der Waals surface area contributed by atoms with Crippen molar-refractivity contribution in [1.29, 1.82) is 0 Å². The number of hydrogen-bond donors (Lipinski definition) is 5. The second-order valence-electron chi connectivity index (χ2n) is 3.46. The Hall–Kier alpha value is -0.730. The lowest BCUT2D eigenvalue weighted by atomic mass is 9.97. The van der Waals surface area contributed by atoms with Crippen molar-refractivity contribution < 1.29 is 30.0 Å². The molecule has 0 aromatic rings. The van der Waals surface area contributed by atoms with E-state index in [2.05, 4.69) is 5.32 Å². The average Bonchev–Trinajstić information content (AvgIpc) is 2.18. The van der Waals surface area contributed by atoms with Crippen LogP contribution in [0.15, 0.2) is 0 Å². The SMILES string of the molecule is CC(=O)N[C@@H]1C(O)[C@@H](O)[C@@H](CO)O[C@@H]1O. The highest BCUT2D eigenvalue weighted by molar-refractivity contribution is 5.73. The Morgan fingerprint density at radius 1 is 1.33 bits per heavy atom. The topological polar surface area (TPSA) is 119 Å². The van der Waals surface area contributed by atoms with Crippen LogP contribution in [0.5, 0.6) is 0 Å². The molecule has 15 heavy (non-hydrogen) atoms. The Morgan fingerprint density at radius 2 is 1.93 bits per heavy atom. The summed E-state index contributed by atoms with van der Waals surface area (Å²) in [5, 5.41) is 39.4. The van der Waals surface area contributed by atoms with Gasteiger partial charge in [-0.3, -0.25) is 4.79 Å². The van der Waals surface area contributed by atoms with E-state index < -0.39 is 43.2 Å². The second-order valence-corrected chi connectivity index (χ2v) is 3.46. The zero-order chi connectivity index (χ0) is 11.6. The molecular formula is C8H15NO6. The summed E-state index contributed by atoms with van der Waals surface area (Å²) in [7, 11) is 0. The minimum absolute atomic E-state index is 0.462. The summed E-state index contributed by atoms with van der Waals surface area (Å²) < 4.78 is 4.81. The van der Waals surface area contributed by atoms with Gasteiger partial charge in [0.2, 0.25) is 5.91 Å². The monoisotopic (exact) mass is 221 g/mol. The molecule has 0 aromatic carbocycles. The van der Waals surface area contributed by atoms with Crippen LogP contribution in [0.2, 0.25) is 0 Å². The van der Waals surface area contributed by atoms with Crippen molar-refractivity contribution in [2.75, 3.05) is 6.61 Å². The molecule has 0 saturated carbocycles. The van der Waals surface area contributed by atoms with Crippen LogP contribution in [-0.2, 0) is 9.53 Å². The van der Waals surface area contributed by atoms with Gasteiger partial charge in [-0.2, -0.15) is 0 Å². The van der Waals surface area contributed by atoms with Crippen LogP contribution in [0.4, 0.5) is 0 Å². The highest BCUT2D eigenvalue weighted by Crippen LogP contribution is 2.19. The molecule has 0 bridgehead atoms. The maximum absolute atomic E-state index is 10.7. The van der Waals surface area contributed by atoms with Crippen LogP contribution >= 0.6 is 0 Å². The zero-order valence-electron chi connectivity index (χ0n) is 8.20. The van der Waals surface area contributed by atoms with Crippen molar-refractivity contribution in [3.63, 3.8) is 0 Å². The van der Waals surface area contributed by atoms with Crippen LogP contribution in [0.25, 0.3) is 0 Å². The van der Waals surface area contributed by atoms with Crippen molar-refractivity contribution >= 4 is 5.91 Å². The van der Waals surface area contributed by atoms with E-state index >= 15 is 0 Å². The zero-order valence-corrected chi connectivity index (χ0v) is 8.20. The smallest absolute Gasteiger partial charge is 0.217 e. The van der Waals surface area contributed by atoms with Crippen molar-refractivity contribution in [3.8, 4) is 0 Å². The third-order valence-corrected chi connectivity index (χ3v) is 2.27. The fourth-order valence-electron chi connectivity index (χ4n) is 1.49. The van der Waals surface area contributed by atoms with Crippen molar-refractivity contribution in [1.82, 2.24) is 5.32 Å². The number of rotatable bonds is 2. The minimum Gasteiger partial charge on any atom is -0.394 e. The van der Waals surface area contributed by atoms with Crippen LogP contribution in [-0.4, -0.2) is 63.6 Å². The summed E-state index contributed by atoms with van der Waals surface area (Å²) in [5.41, 5.74) is 0. The number of ether oxygens (including phenoxy) is 1. The Labute approximate surface area is 86.3 Å². The summed E-state index contributed by atoms with van der Waals surface area (Å²) in [6, 6.07) is -1.10. The molecule has 5 N–H and O–H groups in total. The van der Waals surface area contributed by atoms with Crippen molar-refractivity contribution in [2.45, 2.75) is 37.6 Å². The van der Waals surface area contributed by atoms with Crippen molar-refractivity contribution in [2.24, 2.45) is 0 Å². The summed E-state index contributed by atoms with van der Waals surface area (Å²) in [6.07, 6.45) is -5.24. The molecular weight excluding hydrogens is 206 g/mol. The van der Waals surface area contributed by atoms with Crippen LogP contribution in [0.1, 0.15) is 6.92 Å². The van der Waals surface area contributed by atoms with Gasteiger partial charge >= 0.3 is 0 Å². The molecule has 7 nitrogen and oxygen atoms in total. The molecule has 88 valence electrons. The van der Waals surface area contributed by atoms with Gasteiger partial charge in [0, 0.05) is 6.92 Å². The Morgan fingerprint density at radius 3 is 2.40 bits per heavy atom. The lowest BCUT2D eigenvalue weighted by Gasteiger charge is -2.40. The predicted octanol–water partition coefficient (Wildman–Crippen LogP) is -3.08. The van der Waals surface area contributed by atoms with Gasteiger partial charge in [-0.15, -0.1) is 0 Å². The second kappa shape index (κ2) is 4.86. The number of nitrogens with one attached hydrogen (secondary N) is 1. The molecule has 1 aliphatic rings. The molecule has 5 atom stereocenters. The van der Waals surface area contributed by atoms with E-state index in [0.717, 1.165) is 0 Å². The molecule has 0 radical (unpaired) electrons. The third kappa shape index (κ3) is 2.64. The van der Waals surface area contributed by atoms with Gasteiger partial charge in [-0.05, 0) is 0 Å². The van der Waals surface area contributed by atoms with Crippen molar-refractivity contribution in [3.05, 3.63) is 0 Å². The highest BCUT2D eigenvalue weighted by atomic mass is 16.6. The van der Waals surface area contributed by atoms with E-state index in [9.17, 15) is 20.1 Å². The first-order valence-electron chi connectivity index (χ1n) is 4.55. The van der Waals surface area contributed by atoms with Gasteiger partial charge in [0.05, 0.1) is 6.61 Å². The molecule has 1 aliphatic heterocycles. The molecule has 1 saturated heterocycles. The molecule has 7 heteroatoms. The summed E-state index contributed by atoms with van der Waals surface area (Å²) in [6.45, 7) is 0.687. The van der Waals surface area contributed by atoms with Gasteiger partial charge in [-0.25, -0.2) is 0 Å². The predicted molar refractivity (Wildman–Crippen MR) is 47.6 cm³/mol. The van der Waals surface area contributed by atoms with E-state index in [1.54, 1.807) is 0 Å². The van der Waals surface area contributed by atoms with Crippen LogP contribution in [0.3, 0.4) is 0 Å². The molecule has 0 spiro atoms. The summed E-state index contributed by atoms with van der Waals surface area (Å²) >= 11 is 0. The molecule has 0 aromatic heterocycles. The van der Waals surface area contributed by atoms with E-state index in [0.29, 0.717) is 0 Å². The van der Waals surface area contributed by atoms with E-state index in [1.807, 2.05) is 0 Å². The normalized spacial score (nSPS) is 41.3. The number of hydrogen-bond acceptors (Lipinski definition) is 6. The van der Waals surface area contributed by atoms with Crippen LogP contribution < -0.4 is 5.32 Å². The number of amides is 1.